The average Bonchev–Trinajstić information content (AvgIpc) is 2.81. The van der Waals surface area contributed by atoms with E-state index < -0.39 is 20.9 Å². The van der Waals surface area contributed by atoms with Gasteiger partial charge >= 0.3 is 0 Å². The Bertz CT molecular complexity index is 1150. The molecule has 1 fully saturated rings. The summed E-state index contributed by atoms with van der Waals surface area (Å²) in [4.78, 5) is 25.7. The quantitative estimate of drug-likeness (QED) is 0.439. The number of halogens is 1. The Morgan fingerprint density at radius 3 is 2.45 bits per heavy atom. The van der Waals surface area contributed by atoms with Crippen molar-refractivity contribution in [2.75, 3.05) is 49.6 Å². The van der Waals surface area contributed by atoms with Gasteiger partial charge in [-0.15, -0.1) is 0 Å². The zero-order valence-corrected chi connectivity index (χ0v) is 19.9. The number of sulfonamides is 1. The maximum Gasteiger partial charge on any atom is 0.289 e. The lowest BCUT2D eigenvalue weighted by Gasteiger charge is -2.30. The molecule has 0 radical (unpaired) electrons. The van der Waals surface area contributed by atoms with Crippen LogP contribution in [-0.2, 0) is 14.8 Å². The molecule has 0 aromatic heterocycles. The van der Waals surface area contributed by atoms with Crippen LogP contribution in [-0.4, -0.2) is 62.9 Å². The molecule has 1 aliphatic rings. The largest absolute Gasteiger partial charge is 0.378 e. The van der Waals surface area contributed by atoms with Gasteiger partial charge in [-0.3, -0.25) is 14.9 Å². The molecule has 0 saturated carbocycles. The SMILES string of the molecule is CCN(CC)S(=O)(=O)c1ccc(N2CCOCC2)c(C(=O)Nc2ccc(Cl)c([N+](=O)[O-])c2)c1. The molecule has 12 heteroatoms. The molecule has 0 bridgehead atoms. The third-order valence-electron chi connectivity index (χ3n) is 5.31. The minimum absolute atomic E-state index is 0.00422. The van der Waals surface area contributed by atoms with E-state index in [1.165, 1.54) is 28.6 Å². The van der Waals surface area contributed by atoms with E-state index in [2.05, 4.69) is 5.32 Å². The molecule has 1 N–H and O–H groups in total. The Morgan fingerprint density at radius 2 is 1.85 bits per heavy atom. The van der Waals surface area contributed by atoms with Crippen molar-refractivity contribution >= 4 is 44.6 Å². The highest BCUT2D eigenvalue weighted by Crippen LogP contribution is 2.30. The maximum absolute atomic E-state index is 13.3. The summed E-state index contributed by atoms with van der Waals surface area (Å²) in [6, 6.07) is 8.37. The summed E-state index contributed by atoms with van der Waals surface area (Å²) in [5, 5.41) is 13.8. The standard InChI is InChI=1S/C21H25ClN4O6S/c1-3-25(4-2)33(30,31)16-6-8-19(24-9-11-32-12-10-24)17(14-16)21(27)23-15-5-7-18(22)20(13-15)26(28)29/h5-8,13-14H,3-4,9-12H2,1-2H3,(H,23,27). The number of carbonyl (C=O) groups is 1. The van der Waals surface area contributed by atoms with E-state index in [-0.39, 0.29) is 26.9 Å². The Labute approximate surface area is 197 Å². The number of amides is 1. The number of morpholine rings is 1. The van der Waals surface area contributed by atoms with E-state index in [4.69, 9.17) is 16.3 Å². The molecule has 1 amide bonds. The third-order valence-corrected chi connectivity index (χ3v) is 7.67. The van der Waals surface area contributed by atoms with Gasteiger partial charge in [0.05, 0.1) is 28.6 Å². The molecule has 0 unspecified atom stereocenters. The smallest absolute Gasteiger partial charge is 0.289 e. The molecule has 2 aromatic rings. The second-order valence-electron chi connectivity index (χ2n) is 7.25. The summed E-state index contributed by atoms with van der Waals surface area (Å²) in [5.74, 6) is -0.593. The molecule has 3 rings (SSSR count). The zero-order valence-electron chi connectivity index (χ0n) is 18.3. The van der Waals surface area contributed by atoms with Gasteiger partial charge < -0.3 is 15.0 Å². The van der Waals surface area contributed by atoms with E-state index in [0.29, 0.717) is 45.1 Å². The second-order valence-corrected chi connectivity index (χ2v) is 9.59. The van der Waals surface area contributed by atoms with Crippen molar-refractivity contribution in [3.05, 3.63) is 57.1 Å². The van der Waals surface area contributed by atoms with Crippen LogP contribution >= 0.6 is 11.6 Å². The molecular formula is C21H25ClN4O6S. The average molecular weight is 497 g/mol. The molecule has 2 aromatic carbocycles. The van der Waals surface area contributed by atoms with Crippen LogP contribution < -0.4 is 10.2 Å². The van der Waals surface area contributed by atoms with Gasteiger partial charge in [-0.05, 0) is 30.3 Å². The van der Waals surface area contributed by atoms with Gasteiger partial charge in [0.15, 0.2) is 0 Å². The van der Waals surface area contributed by atoms with Gasteiger partial charge in [-0.25, -0.2) is 8.42 Å². The Kier molecular flexibility index (Phi) is 7.90. The number of anilines is 2. The van der Waals surface area contributed by atoms with Crippen molar-refractivity contribution in [1.82, 2.24) is 4.31 Å². The van der Waals surface area contributed by atoms with Crippen molar-refractivity contribution in [3.8, 4) is 0 Å². The van der Waals surface area contributed by atoms with Crippen LogP contribution in [0.4, 0.5) is 17.1 Å². The lowest BCUT2D eigenvalue weighted by molar-refractivity contribution is -0.384. The van der Waals surface area contributed by atoms with E-state index in [0.717, 1.165) is 6.07 Å². The fraction of sp³-hybridized carbons (Fsp3) is 0.381. The number of nitrogens with one attached hydrogen (secondary N) is 1. The molecule has 0 atom stereocenters. The van der Waals surface area contributed by atoms with Crippen molar-refractivity contribution in [1.29, 1.82) is 0 Å². The number of rotatable bonds is 8. The van der Waals surface area contributed by atoms with Crippen LogP contribution in [0.5, 0.6) is 0 Å². The number of nitrogens with zero attached hydrogens (tertiary/aromatic N) is 3. The highest BCUT2D eigenvalue weighted by molar-refractivity contribution is 7.89. The summed E-state index contributed by atoms with van der Waals surface area (Å²) in [7, 11) is -3.80. The number of hydrogen-bond donors (Lipinski definition) is 1. The van der Waals surface area contributed by atoms with Crippen molar-refractivity contribution in [3.63, 3.8) is 0 Å². The molecule has 10 nitrogen and oxygen atoms in total. The van der Waals surface area contributed by atoms with E-state index in [9.17, 15) is 23.3 Å². The van der Waals surface area contributed by atoms with Crippen LogP contribution in [0, 0.1) is 10.1 Å². The monoisotopic (exact) mass is 496 g/mol. The molecule has 33 heavy (non-hydrogen) atoms. The first-order valence-electron chi connectivity index (χ1n) is 10.4. The maximum atomic E-state index is 13.3. The minimum atomic E-state index is -3.80. The predicted molar refractivity (Wildman–Crippen MR) is 126 cm³/mol. The zero-order chi connectivity index (χ0) is 24.2. The van der Waals surface area contributed by atoms with E-state index in [1.807, 2.05) is 4.90 Å². The Hall–Kier alpha value is -2.73. The molecule has 178 valence electrons. The van der Waals surface area contributed by atoms with Crippen LogP contribution in [0.2, 0.25) is 5.02 Å². The summed E-state index contributed by atoms with van der Waals surface area (Å²) in [6.45, 7) is 6.09. The number of ether oxygens (including phenoxy) is 1. The molecule has 0 aliphatic carbocycles. The van der Waals surface area contributed by atoms with Gasteiger partial charge in [0.2, 0.25) is 10.0 Å². The van der Waals surface area contributed by atoms with Crippen molar-refractivity contribution in [2.24, 2.45) is 0 Å². The van der Waals surface area contributed by atoms with Gasteiger partial charge in [-0.2, -0.15) is 4.31 Å². The number of nitro benzene ring substituents is 1. The minimum Gasteiger partial charge on any atom is -0.378 e. The first-order chi connectivity index (χ1) is 15.7. The molecular weight excluding hydrogens is 472 g/mol. The topological polar surface area (TPSA) is 122 Å². The number of nitro groups is 1. The predicted octanol–water partition coefficient (Wildman–Crippen LogP) is 3.37. The fourth-order valence-electron chi connectivity index (χ4n) is 3.58. The molecule has 1 heterocycles. The fourth-order valence-corrected chi connectivity index (χ4v) is 5.25. The Morgan fingerprint density at radius 1 is 1.18 bits per heavy atom. The van der Waals surface area contributed by atoms with Crippen molar-refractivity contribution < 1.29 is 22.9 Å². The number of benzene rings is 2. The summed E-state index contributed by atoms with van der Waals surface area (Å²) in [5.41, 5.74) is 0.516. The lowest BCUT2D eigenvalue weighted by atomic mass is 10.1. The summed E-state index contributed by atoms with van der Waals surface area (Å²) < 4.78 is 32.8. The van der Waals surface area contributed by atoms with Crippen LogP contribution in [0.15, 0.2) is 41.3 Å². The van der Waals surface area contributed by atoms with Crippen molar-refractivity contribution in [2.45, 2.75) is 18.7 Å². The first-order valence-corrected chi connectivity index (χ1v) is 12.2. The first kappa shape index (κ1) is 24.9. The Balaban J connectivity index is 2.04. The van der Waals surface area contributed by atoms with E-state index in [1.54, 1.807) is 19.9 Å². The number of hydrogen-bond acceptors (Lipinski definition) is 7. The highest BCUT2D eigenvalue weighted by atomic mass is 35.5. The molecule has 1 aliphatic heterocycles. The van der Waals surface area contributed by atoms with E-state index >= 15 is 0 Å². The molecule has 1 saturated heterocycles. The summed E-state index contributed by atoms with van der Waals surface area (Å²) in [6.07, 6.45) is 0. The highest BCUT2D eigenvalue weighted by Gasteiger charge is 2.26. The van der Waals surface area contributed by atoms with Gasteiger partial charge in [0, 0.05) is 43.6 Å². The third kappa shape index (κ3) is 5.44. The lowest BCUT2D eigenvalue weighted by Crippen LogP contribution is -2.37. The molecule has 0 spiro atoms. The van der Waals surface area contributed by atoms with Crippen LogP contribution in [0.1, 0.15) is 24.2 Å². The normalized spacial score (nSPS) is 14.4. The van der Waals surface area contributed by atoms with Gasteiger partial charge in [0.25, 0.3) is 11.6 Å². The second kappa shape index (κ2) is 10.5. The van der Waals surface area contributed by atoms with Crippen LogP contribution in [0.25, 0.3) is 0 Å². The van der Waals surface area contributed by atoms with Crippen LogP contribution in [0.3, 0.4) is 0 Å². The van der Waals surface area contributed by atoms with Gasteiger partial charge in [0.1, 0.15) is 5.02 Å². The number of carbonyl (C=O) groups excluding carboxylic acids is 1. The summed E-state index contributed by atoms with van der Waals surface area (Å²) >= 11 is 5.86. The van der Waals surface area contributed by atoms with Gasteiger partial charge in [-0.1, -0.05) is 25.4 Å².